The summed E-state index contributed by atoms with van der Waals surface area (Å²) in [4.78, 5) is 12.2. The molecule has 2 aromatic carbocycles. The number of carbonyl (C=O) groups is 1. The Hall–Kier alpha value is -2.66. The van der Waals surface area contributed by atoms with Crippen LogP contribution in [0.2, 0.25) is 0 Å². The lowest BCUT2D eigenvalue weighted by Crippen LogP contribution is -2.48. The minimum absolute atomic E-state index is 0.0153. The molecule has 1 saturated heterocycles. The molecule has 3 aliphatic rings. The zero-order valence-electron chi connectivity index (χ0n) is 19.7. The summed E-state index contributed by atoms with van der Waals surface area (Å²) >= 11 is 0. The van der Waals surface area contributed by atoms with Crippen molar-refractivity contribution in [3.8, 4) is 0 Å². The maximum Gasteiger partial charge on any atom is 0.335 e. The third-order valence-corrected chi connectivity index (χ3v) is 8.29. The van der Waals surface area contributed by atoms with Crippen molar-refractivity contribution in [2.45, 2.75) is 64.1 Å². The van der Waals surface area contributed by atoms with Gasteiger partial charge in [-0.15, -0.1) is 0 Å². The van der Waals surface area contributed by atoms with Crippen LogP contribution in [0.5, 0.6) is 0 Å². The van der Waals surface area contributed by atoms with Gasteiger partial charge in [0.05, 0.1) is 24.2 Å². The van der Waals surface area contributed by atoms with E-state index in [-0.39, 0.29) is 24.0 Å². The normalized spacial score (nSPS) is 28.4. The van der Waals surface area contributed by atoms with E-state index in [2.05, 4.69) is 36.6 Å². The highest BCUT2D eigenvalue weighted by atomic mass is 16.5. The van der Waals surface area contributed by atoms with Crippen molar-refractivity contribution in [2.24, 2.45) is 11.8 Å². The number of rotatable bonds is 4. The first-order chi connectivity index (χ1) is 16.0. The van der Waals surface area contributed by atoms with E-state index in [0.717, 1.165) is 56.4 Å². The molecule has 0 bridgehead atoms. The number of nitrogens with two attached hydrogens (primary N) is 1. The Labute approximate surface area is 196 Å². The van der Waals surface area contributed by atoms with E-state index in [4.69, 9.17) is 10.5 Å². The number of anilines is 1. The molecule has 5 unspecified atom stereocenters. The predicted molar refractivity (Wildman–Crippen MR) is 130 cm³/mol. The summed E-state index contributed by atoms with van der Waals surface area (Å²) in [5, 5.41) is 10.00. The second-order valence-corrected chi connectivity index (χ2v) is 9.82. The molecule has 5 heteroatoms. The van der Waals surface area contributed by atoms with Crippen molar-refractivity contribution in [1.82, 2.24) is 0 Å². The lowest BCUT2D eigenvalue weighted by Gasteiger charge is -2.51. The average molecular weight is 448 g/mol. The number of hydrogen-bond donors (Lipinski definition) is 2. The molecule has 5 rings (SSSR count). The van der Waals surface area contributed by atoms with E-state index in [1.54, 1.807) is 6.07 Å². The Bertz CT molecular complexity index is 1090. The number of aromatic carboxylic acids is 1. The van der Waals surface area contributed by atoms with Gasteiger partial charge in [0.2, 0.25) is 0 Å². The highest BCUT2D eigenvalue weighted by molar-refractivity contribution is 5.89. The van der Waals surface area contributed by atoms with Crippen molar-refractivity contribution in [3.63, 3.8) is 0 Å². The van der Waals surface area contributed by atoms with Crippen molar-refractivity contribution in [2.75, 3.05) is 18.8 Å². The van der Waals surface area contributed by atoms with Crippen molar-refractivity contribution >= 4 is 17.4 Å². The van der Waals surface area contributed by atoms with Crippen LogP contribution in [0.4, 0.5) is 5.69 Å². The van der Waals surface area contributed by atoms with Crippen molar-refractivity contribution in [1.29, 1.82) is 0 Å². The van der Waals surface area contributed by atoms with E-state index >= 15 is 0 Å². The molecule has 2 fully saturated rings. The van der Waals surface area contributed by atoms with Crippen LogP contribution >= 0.6 is 0 Å². The fourth-order valence-electron chi connectivity index (χ4n) is 6.84. The summed E-state index contributed by atoms with van der Waals surface area (Å²) in [6.07, 6.45) is 5.10. The first-order valence-electron chi connectivity index (χ1n) is 12.5. The van der Waals surface area contributed by atoms with Gasteiger partial charge in [-0.05, 0) is 85.8 Å². The van der Waals surface area contributed by atoms with Gasteiger partial charge in [0.25, 0.3) is 0 Å². The largest absolute Gasteiger partial charge is 0.478 e. The lowest BCUT2D eigenvalue weighted by molar-refractivity contribution is -0.523. The van der Waals surface area contributed by atoms with Gasteiger partial charge in [-0.2, -0.15) is 0 Å². The quantitative estimate of drug-likeness (QED) is 0.508. The first-order valence-corrected chi connectivity index (χ1v) is 12.5. The smallest absolute Gasteiger partial charge is 0.335 e. The molecule has 33 heavy (non-hydrogen) atoms. The van der Waals surface area contributed by atoms with E-state index in [0.29, 0.717) is 11.5 Å². The fraction of sp³-hybridized carbons (Fsp3) is 0.500. The predicted octanol–water partition coefficient (Wildman–Crippen LogP) is 5.05. The third kappa shape index (κ3) is 3.86. The molecule has 174 valence electrons. The van der Waals surface area contributed by atoms with Crippen molar-refractivity contribution in [3.05, 3.63) is 64.7 Å². The highest BCUT2D eigenvalue weighted by Crippen LogP contribution is 2.56. The first kappa shape index (κ1) is 22.1. The van der Waals surface area contributed by atoms with Crippen LogP contribution in [-0.4, -0.2) is 40.6 Å². The maximum atomic E-state index is 12.2. The minimum Gasteiger partial charge on any atom is -0.478 e. The maximum absolute atomic E-state index is 12.2. The van der Waals surface area contributed by atoms with Gasteiger partial charge in [-0.1, -0.05) is 24.3 Å². The number of benzene rings is 2. The fourth-order valence-corrected chi connectivity index (χ4v) is 6.84. The van der Waals surface area contributed by atoms with E-state index in [1.807, 2.05) is 18.2 Å². The molecule has 1 aliphatic heterocycles. The van der Waals surface area contributed by atoms with Gasteiger partial charge in [0, 0.05) is 12.1 Å². The Morgan fingerprint density at radius 3 is 2.58 bits per heavy atom. The zero-order chi connectivity index (χ0) is 23.1. The summed E-state index contributed by atoms with van der Waals surface area (Å²) in [7, 11) is 0. The highest BCUT2D eigenvalue weighted by Gasteiger charge is 2.51. The number of ether oxygens (including phenoxy) is 1. The van der Waals surface area contributed by atoms with Crippen LogP contribution in [0, 0.1) is 11.8 Å². The van der Waals surface area contributed by atoms with Gasteiger partial charge in [0.1, 0.15) is 13.1 Å². The monoisotopic (exact) mass is 447 g/mol. The number of fused-ring (bicyclic) bond motifs is 4. The van der Waals surface area contributed by atoms with Gasteiger partial charge in [-0.25, -0.2) is 9.37 Å². The van der Waals surface area contributed by atoms with Crippen LogP contribution in [-0.2, 0) is 11.2 Å². The number of carboxylic acid groups (broad SMARTS) is 1. The SMILES string of the molecule is CC[N+](CC)=C1CCC2C(C1)OC1c3ccc(N)cc3CCC1C2c1ccccc1C(=O)O. The zero-order valence-corrected chi connectivity index (χ0v) is 19.7. The molecular weight excluding hydrogens is 412 g/mol. The van der Waals surface area contributed by atoms with Crippen LogP contribution in [0.1, 0.15) is 78.6 Å². The second kappa shape index (κ2) is 8.94. The number of carboxylic acids is 1. The molecule has 5 nitrogen and oxygen atoms in total. The summed E-state index contributed by atoms with van der Waals surface area (Å²) in [6, 6.07) is 13.9. The average Bonchev–Trinajstić information content (AvgIpc) is 2.83. The number of nitrogens with zero attached hydrogens (tertiary/aromatic N) is 1. The molecule has 0 aromatic heterocycles. The Morgan fingerprint density at radius 1 is 1.06 bits per heavy atom. The molecule has 0 amide bonds. The van der Waals surface area contributed by atoms with E-state index in [1.165, 1.54) is 16.8 Å². The van der Waals surface area contributed by atoms with Crippen molar-refractivity contribution < 1.29 is 19.2 Å². The minimum atomic E-state index is -0.833. The molecule has 2 aromatic rings. The third-order valence-electron chi connectivity index (χ3n) is 8.29. The van der Waals surface area contributed by atoms with Gasteiger partial charge in [-0.3, -0.25) is 0 Å². The number of nitrogen functional groups attached to an aromatic ring is 1. The molecule has 1 saturated carbocycles. The molecule has 1 heterocycles. The van der Waals surface area contributed by atoms with Gasteiger partial charge in [0.15, 0.2) is 5.71 Å². The number of hydrogen-bond acceptors (Lipinski definition) is 3. The van der Waals surface area contributed by atoms with Gasteiger partial charge >= 0.3 is 5.97 Å². The Balaban J connectivity index is 1.61. The molecule has 0 radical (unpaired) electrons. The standard InChI is InChI=1S/C28H34N2O3/c1-3-30(4-2)19-11-14-23-25(16-19)33-27-20-13-10-18(29)15-17(20)9-12-24(27)26(23)21-7-5-6-8-22(21)28(31)32/h5-8,10,13,15,23-27H,3-4,9,11-12,14,16,29H2,1-2H3/p+1. The van der Waals surface area contributed by atoms with E-state index in [9.17, 15) is 9.90 Å². The molecular formula is C28H35N2O3+. The van der Waals surface area contributed by atoms with Crippen LogP contribution in [0.25, 0.3) is 0 Å². The summed E-state index contributed by atoms with van der Waals surface area (Å²) < 4.78 is 9.42. The molecule has 3 N–H and O–H groups in total. The Kier molecular flexibility index (Phi) is 6.00. The molecule has 5 atom stereocenters. The summed E-state index contributed by atoms with van der Waals surface area (Å²) in [5.74, 6) is -0.0374. The molecule has 2 aliphatic carbocycles. The van der Waals surface area contributed by atoms with E-state index < -0.39 is 5.97 Å². The summed E-state index contributed by atoms with van der Waals surface area (Å²) in [6.45, 7) is 6.47. The van der Waals surface area contributed by atoms with Gasteiger partial charge < -0.3 is 15.6 Å². The lowest BCUT2D eigenvalue weighted by atomic mass is 9.61. The summed E-state index contributed by atoms with van der Waals surface area (Å²) in [5.41, 5.74) is 12.3. The number of aryl methyl sites for hydroxylation is 1. The second-order valence-electron chi connectivity index (χ2n) is 9.82. The molecule has 0 spiro atoms. The topological polar surface area (TPSA) is 75.6 Å². The van der Waals surface area contributed by atoms with Crippen LogP contribution in [0.3, 0.4) is 0 Å². The van der Waals surface area contributed by atoms with Crippen LogP contribution in [0.15, 0.2) is 42.5 Å². The Morgan fingerprint density at radius 2 is 1.82 bits per heavy atom. The van der Waals surface area contributed by atoms with Crippen LogP contribution < -0.4 is 5.73 Å².